The Hall–Kier alpha value is -1.69. The SMILES string of the molecule is C#CC1c2cc(OC)ccc2OCC1C(C)(C)F. The minimum absolute atomic E-state index is 0.288. The van der Waals surface area contributed by atoms with Crippen molar-refractivity contribution in [2.75, 3.05) is 13.7 Å². The predicted octanol–water partition coefficient (Wildman–Crippen LogP) is 3.17. The molecule has 0 saturated carbocycles. The van der Waals surface area contributed by atoms with Gasteiger partial charge in [-0.3, -0.25) is 0 Å². The van der Waals surface area contributed by atoms with Crippen LogP contribution in [0.15, 0.2) is 18.2 Å². The summed E-state index contributed by atoms with van der Waals surface area (Å²) < 4.78 is 25.0. The maximum absolute atomic E-state index is 14.2. The molecule has 18 heavy (non-hydrogen) atoms. The lowest BCUT2D eigenvalue weighted by molar-refractivity contribution is 0.0606. The first-order valence-corrected chi connectivity index (χ1v) is 5.93. The fourth-order valence-electron chi connectivity index (χ4n) is 2.32. The average molecular weight is 248 g/mol. The van der Waals surface area contributed by atoms with Gasteiger partial charge in [0.15, 0.2) is 0 Å². The lowest BCUT2D eigenvalue weighted by Crippen LogP contribution is -2.38. The fourth-order valence-corrected chi connectivity index (χ4v) is 2.32. The van der Waals surface area contributed by atoms with Gasteiger partial charge >= 0.3 is 0 Å². The molecule has 1 aromatic rings. The minimum Gasteiger partial charge on any atom is -0.497 e. The summed E-state index contributed by atoms with van der Waals surface area (Å²) in [6.07, 6.45) is 5.58. The second-order valence-electron chi connectivity index (χ2n) is 5.03. The first-order chi connectivity index (χ1) is 8.47. The number of ether oxygens (including phenoxy) is 2. The lowest BCUT2D eigenvalue weighted by atomic mass is 9.77. The maximum Gasteiger partial charge on any atom is 0.124 e. The van der Waals surface area contributed by atoms with E-state index in [1.165, 1.54) is 13.8 Å². The van der Waals surface area contributed by atoms with Crippen molar-refractivity contribution < 1.29 is 13.9 Å². The molecule has 96 valence electrons. The smallest absolute Gasteiger partial charge is 0.124 e. The molecule has 2 nitrogen and oxygen atoms in total. The second-order valence-corrected chi connectivity index (χ2v) is 5.03. The largest absolute Gasteiger partial charge is 0.497 e. The van der Waals surface area contributed by atoms with Gasteiger partial charge in [0.05, 0.1) is 19.6 Å². The van der Waals surface area contributed by atoms with E-state index < -0.39 is 5.67 Å². The van der Waals surface area contributed by atoms with Crippen molar-refractivity contribution >= 4 is 0 Å². The zero-order valence-electron chi connectivity index (χ0n) is 10.9. The third kappa shape index (κ3) is 2.15. The summed E-state index contributed by atoms with van der Waals surface area (Å²) in [6, 6.07) is 5.46. The average Bonchev–Trinajstić information content (AvgIpc) is 2.35. The molecule has 1 aliphatic heterocycles. The van der Waals surface area contributed by atoms with Gasteiger partial charge in [-0.2, -0.15) is 0 Å². The summed E-state index contributed by atoms with van der Waals surface area (Å²) in [5.41, 5.74) is -0.545. The van der Waals surface area contributed by atoms with E-state index in [2.05, 4.69) is 5.92 Å². The fraction of sp³-hybridized carbons (Fsp3) is 0.467. The van der Waals surface area contributed by atoms with E-state index in [1.807, 2.05) is 18.2 Å². The van der Waals surface area contributed by atoms with Crippen LogP contribution in [0.4, 0.5) is 4.39 Å². The number of fused-ring (bicyclic) bond motifs is 1. The molecule has 0 saturated heterocycles. The van der Waals surface area contributed by atoms with Crippen LogP contribution >= 0.6 is 0 Å². The maximum atomic E-state index is 14.2. The molecule has 0 radical (unpaired) electrons. The van der Waals surface area contributed by atoms with E-state index in [0.717, 1.165) is 11.3 Å². The zero-order chi connectivity index (χ0) is 13.3. The summed E-state index contributed by atoms with van der Waals surface area (Å²) in [5.74, 6) is 3.48. The molecule has 3 heteroatoms. The predicted molar refractivity (Wildman–Crippen MR) is 68.7 cm³/mol. The zero-order valence-corrected chi connectivity index (χ0v) is 10.9. The highest BCUT2D eigenvalue weighted by Crippen LogP contribution is 2.43. The highest BCUT2D eigenvalue weighted by molar-refractivity contribution is 5.47. The molecule has 2 atom stereocenters. The van der Waals surface area contributed by atoms with E-state index >= 15 is 0 Å². The quantitative estimate of drug-likeness (QED) is 0.748. The van der Waals surface area contributed by atoms with Crippen LogP contribution in [0.3, 0.4) is 0 Å². The van der Waals surface area contributed by atoms with Gasteiger partial charge in [0.2, 0.25) is 0 Å². The second kappa shape index (κ2) is 4.53. The highest BCUT2D eigenvalue weighted by atomic mass is 19.1. The highest BCUT2D eigenvalue weighted by Gasteiger charge is 2.40. The molecular weight excluding hydrogens is 231 g/mol. The molecule has 2 unspecified atom stereocenters. The molecule has 0 spiro atoms. The molecule has 1 aliphatic rings. The van der Waals surface area contributed by atoms with Crippen molar-refractivity contribution in [1.29, 1.82) is 0 Å². The summed E-state index contributed by atoms with van der Waals surface area (Å²) in [7, 11) is 1.59. The first kappa shape index (κ1) is 12.8. The van der Waals surface area contributed by atoms with Crippen LogP contribution in [-0.2, 0) is 0 Å². The number of terminal acetylenes is 1. The summed E-state index contributed by atoms with van der Waals surface area (Å²) in [5, 5.41) is 0. The number of hydrogen-bond acceptors (Lipinski definition) is 2. The van der Waals surface area contributed by atoms with Crippen LogP contribution in [-0.4, -0.2) is 19.4 Å². The summed E-state index contributed by atoms with van der Waals surface area (Å²) in [6.45, 7) is 3.38. The van der Waals surface area contributed by atoms with Gasteiger partial charge in [-0.25, -0.2) is 4.39 Å². The molecule has 0 aliphatic carbocycles. The van der Waals surface area contributed by atoms with E-state index in [9.17, 15) is 4.39 Å². The van der Waals surface area contributed by atoms with Gasteiger partial charge in [0.1, 0.15) is 17.2 Å². The van der Waals surface area contributed by atoms with Crippen LogP contribution in [0, 0.1) is 18.3 Å². The van der Waals surface area contributed by atoms with Crippen LogP contribution in [0.5, 0.6) is 11.5 Å². The van der Waals surface area contributed by atoms with Crippen molar-refractivity contribution in [3.8, 4) is 23.8 Å². The third-order valence-corrected chi connectivity index (χ3v) is 3.43. The van der Waals surface area contributed by atoms with Gasteiger partial charge < -0.3 is 9.47 Å². The molecular formula is C15H17FO2. The van der Waals surface area contributed by atoms with Gasteiger partial charge in [0, 0.05) is 11.5 Å². The topological polar surface area (TPSA) is 18.5 Å². The van der Waals surface area contributed by atoms with Crippen molar-refractivity contribution in [2.45, 2.75) is 25.4 Å². The van der Waals surface area contributed by atoms with Crippen LogP contribution in [0.1, 0.15) is 25.3 Å². The van der Waals surface area contributed by atoms with Crippen molar-refractivity contribution in [2.24, 2.45) is 5.92 Å². The number of methoxy groups -OCH3 is 1. The van der Waals surface area contributed by atoms with Crippen molar-refractivity contribution in [1.82, 2.24) is 0 Å². The number of benzene rings is 1. The molecule has 2 rings (SSSR count). The Morgan fingerprint density at radius 3 is 2.78 bits per heavy atom. The number of alkyl halides is 1. The molecule has 1 aromatic carbocycles. The normalized spacial score (nSPS) is 22.6. The number of hydrogen-bond donors (Lipinski definition) is 0. The Kier molecular flexibility index (Phi) is 3.21. The lowest BCUT2D eigenvalue weighted by Gasteiger charge is -2.36. The molecule has 0 N–H and O–H groups in total. The molecule has 0 amide bonds. The van der Waals surface area contributed by atoms with E-state index in [4.69, 9.17) is 15.9 Å². The minimum atomic E-state index is -1.38. The van der Waals surface area contributed by atoms with Gasteiger partial charge in [-0.1, -0.05) is 5.92 Å². The standard InChI is InChI=1S/C15H17FO2/c1-5-11-12-8-10(17-4)6-7-14(12)18-9-13(11)15(2,3)16/h1,6-8,11,13H,9H2,2-4H3. The van der Waals surface area contributed by atoms with Crippen molar-refractivity contribution in [3.05, 3.63) is 23.8 Å². The monoisotopic (exact) mass is 248 g/mol. The number of rotatable bonds is 2. The Balaban J connectivity index is 2.45. The number of halogens is 1. The Morgan fingerprint density at radius 1 is 1.50 bits per heavy atom. The van der Waals surface area contributed by atoms with Gasteiger partial charge in [-0.15, -0.1) is 6.42 Å². The summed E-state index contributed by atoms with van der Waals surface area (Å²) >= 11 is 0. The third-order valence-electron chi connectivity index (χ3n) is 3.43. The van der Waals surface area contributed by atoms with Gasteiger partial charge in [-0.05, 0) is 32.0 Å². The van der Waals surface area contributed by atoms with Crippen LogP contribution in [0.2, 0.25) is 0 Å². The summed E-state index contributed by atoms with van der Waals surface area (Å²) in [4.78, 5) is 0. The molecule has 0 bridgehead atoms. The Bertz CT molecular complexity index is 482. The molecule has 1 heterocycles. The van der Waals surface area contributed by atoms with E-state index in [-0.39, 0.29) is 11.8 Å². The Morgan fingerprint density at radius 2 is 2.22 bits per heavy atom. The van der Waals surface area contributed by atoms with Crippen LogP contribution in [0.25, 0.3) is 0 Å². The van der Waals surface area contributed by atoms with Crippen LogP contribution < -0.4 is 9.47 Å². The first-order valence-electron chi connectivity index (χ1n) is 5.93. The Labute approximate surface area is 107 Å². The van der Waals surface area contributed by atoms with Gasteiger partial charge in [0.25, 0.3) is 0 Å². The van der Waals surface area contributed by atoms with E-state index in [1.54, 1.807) is 7.11 Å². The molecule has 0 fully saturated rings. The van der Waals surface area contributed by atoms with E-state index in [0.29, 0.717) is 12.4 Å². The molecule has 0 aromatic heterocycles. The van der Waals surface area contributed by atoms with Crippen molar-refractivity contribution in [3.63, 3.8) is 0 Å².